The van der Waals surface area contributed by atoms with Crippen LogP contribution in [0.15, 0.2) is 64.4 Å². The Morgan fingerprint density at radius 1 is 1.26 bits per heavy atom. The monoisotopic (exact) mass is 366 g/mol. The van der Waals surface area contributed by atoms with E-state index in [-0.39, 0.29) is 11.6 Å². The number of furan rings is 1. The molecule has 27 heavy (non-hydrogen) atoms. The SMILES string of the molecule is COc1cc([N+](=O)[O-])ccc1-c1ccc(/C=N\NC(=O)c2ccncc2)o1. The third-order valence-corrected chi connectivity index (χ3v) is 3.59. The summed E-state index contributed by atoms with van der Waals surface area (Å²) in [6.45, 7) is 0. The fourth-order valence-corrected chi connectivity index (χ4v) is 2.29. The van der Waals surface area contributed by atoms with E-state index >= 15 is 0 Å². The minimum absolute atomic E-state index is 0.0808. The Balaban J connectivity index is 1.73. The van der Waals surface area contributed by atoms with E-state index in [0.29, 0.717) is 28.4 Å². The molecule has 0 aliphatic carbocycles. The highest BCUT2D eigenvalue weighted by molar-refractivity contribution is 5.94. The number of rotatable bonds is 6. The van der Waals surface area contributed by atoms with E-state index in [9.17, 15) is 14.9 Å². The molecule has 1 N–H and O–H groups in total. The van der Waals surface area contributed by atoms with Gasteiger partial charge in [0.15, 0.2) is 0 Å². The lowest BCUT2D eigenvalue weighted by Crippen LogP contribution is -2.17. The molecule has 0 saturated carbocycles. The van der Waals surface area contributed by atoms with E-state index in [0.717, 1.165) is 0 Å². The summed E-state index contributed by atoms with van der Waals surface area (Å²) in [7, 11) is 1.42. The average Bonchev–Trinajstić information content (AvgIpc) is 3.16. The average molecular weight is 366 g/mol. The van der Waals surface area contributed by atoms with Gasteiger partial charge < -0.3 is 9.15 Å². The van der Waals surface area contributed by atoms with Crippen molar-refractivity contribution >= 4 is 17.8 Å². The van der Waals surface area contributed by atoms with Crippen molar-refractivity contribution < 1.29 is 18.9 Å². The van der Waals surface area contributed by atoms with Crippen LogP contribution in [-0.2, 0) is 0 Å². The number of nitrogens with zero attached hydrogens (tertiary/aromatic N) is 3. The molecule has 9 heteroatoms. The smallest absolute Gasteiger partial charge is 0.273 e. The lowest BCUT2D eigenvalue weighted by atomic mass is 10.1. The first kappa shape index (κ1) is 17.8. The molecule has 2 heterocycles. The van der Waals surface area contributed by atoms with E-state index in [2.05, 4.69) is 15.5 Å². The molecule has 0 atom stereocenters. The van der Waals surface area contributed by atoms with Gasteiger partial charge in [-0.15, -0.1) is 0 Å². The van der Waals surface area contributed by atoms with Gasteiger partial charge in [0.05, 0.1) is 29.9 Å². The first-order valence-electron chi connectivity index (χ1n) is 7.74. The normalized spacial score (nSPS) is 10.7. The molecule has 2 aromatic heterocycles. The molecule has 0 bridgehead atoms. The summed E-state index contributed by atoms with van der Waals surface area (Å²) < 4.78 is 10.8. The highest BCUT2D eigenvalue weighted by atomic mass is 16.6. The number of carbonyl (C=O) groups excluding carboxylic acids is 1. The zero-order valence-corrected chi connectivity index (χ0v) is 14.2. The van der Waals surface area contributed by atoms with Crippen LogP contribution in [0, 0.1) is 10.1 Å². The fourth-order valence-electron chi connectivity index (χ4n) is 2.29. The predicted molar refractivity (Wildman–Crippen MR) is 96.6 cm³/mol. The summed E-state index contributed by atoms with van der Waals surface area (Å²) in [5, 5.41) is 14.7. The van der Waals surface area contributed by atoms with Crippen LogP contribution in [0.1, 0.15) is 16.1 Å². The van der Waals surface area contributed by atoms with E-state index in [1.54, 1.807) is 30.3 Å². The van der Waals surface area contributed by atoms with Crippen LogP contribution in [0.5, 0.6) is 5.75 Å². The van der Waals surface area contributed by atoms with Crippen molar-refractivity contribution in [1.82, 2.24) is 10.4 Å². The standard InChI is InChI=1S/C18H14N4O5/c1-26-17-10-13(22(24)25)2-4-15(17)16-5-3-14(27-16)11-20-21-18(23)12-6-8-19-9-7-12/h2-11H,1H3,(H,21,23)/b20-11-. The van der Waals surface area contributed by atoms with Crippen molar-refractivity contribution in [2.24, 2.45) is 5.10 Å². The molecule has 0 aliphatic rings. The number of nitro groups is 1. The zero-order chi connectivity index (χ0) is 19.2. The maximum Gasteiger partial charge on any atom is 0.273 e. The second-order valence-corrected chi connectivity index (χ2v) is 5.28. The number of ether oxygens (including phenoxy) is 1. The van der Waals surface area contributed by atoms with Crippen LogP contribution < -0.4 is 10.2 Å². The quantitative estimate of drug-likeness (QED) is 0.407. The van der Waals surface area contributed by atoms with Crippen LogP contribution in [0.3, 0.4) is 0 Å². The van der Waals surface area contributed by atoms with E-state index in [1.165, 1.54) is 37.9 Å². The number of non-ortho nitro benzene ring substituents is 1. The second kappa shape index (κ2) is 7.91. The summed E-state index contributed by atoms with van der Waals surface area (Å²) in [6.07, 6.45) is 4.37. The molecule has 3 aromatic rings. The minimum atomic E-state index is -0.502. The summed E-state index contributed by atoms with van der Waals surface area (Å²) in [5.41, 5.74) is 3.29. The largest absolute Gasteiger partial charge is 0.496 e. The van der Waals surface area contributed by atoms with Crippen molar-refractivity contribution in [3.05, 3.63) is 76.3 Å². The van der Waals surface area contributed by atoms with E-state index in [1.807, 2.05) is 0 Å². The molecule has 9 nitrogen and oxygen atoms in total. The molecule has 136 valence electrons. The van der Waals surface area contributed by atoms with Crippen LogP contribution in [0.25, 0.3) is 11.3 Å². The molecular formula is C18H14N4O5. The number of aromatic nitrogens is 1. The maximum atomic E-state index is 11.9. The Bertz CT molecular complexity index is 998. The molecule has 1 amide bonds. The second-order valence-electron chi connectivity index (χ2n) is 5.28. The first-order valence-corrected chi connectivity index (χ1v) is 7.74. The number of hydrogen-bond donors (Lipinski definition) is 1. The molecular weight excluding hydrogens is 352 g/mol. The van der Waals surface area contributed by atoms with Gasteiger partial charge >= 0.3 is 0 Å². The number of amides is 1. The van der Waals surface area contributed by atoms with Gasteiger partial charge in [-0.3, -0.25) is 19.9 Å². The maximum absolute atomic E-state index is 11.9. The number of nitrogens with one attached hydrogen (secondary N) is 1. The topological polar surface area (TPSA) is 120 Å². The van der Waals surface area contributed by atoms with Crippen molar-refractivity contribution in [3.63, 3.8) is 0 Å². The number of hydrogen-bond acceptors (Lipinski definition) is 7. The Morgan fingerprint density at radius 2 is 2.04 bits per heavy atom. The van der Waals surface area contributed by atoms with Gasteiger partial charge in [0.2, 0.25) is 0 Å². The summed E-state index contributed by atoms with van der Waals surface area (Å²) in [4.78, 5) is 26.1. The van der Waals surface area contributed by atoms with Crippen LogP contribution in [-0.4, -0.2) is 29.1 Å². The number of methoxy groups -OCH3 is 1. The molecule has 3 rings (SSSR count). The summed E-state index contributed by atoms with van der Waals surface area (Å²) >= 11 is 0. The van der Waals surface area contributed by atoms with Gasteiger partial charge in [0, 0.05) is 24.0 Å². The van der Waals surface area contributed by atoms with E-state index < -0.39 is 4.92 Å². The van der Waals surface area contributed by atoms with Gasteiger partial charge in [-0.05, 0) is 30.3 Å². The third-order valence-electron chi connectivity index (χ3n) is 3.59. The number of pyridine rings is 1. The van der Waals surface area contributed by atoms with Gasteiger partial charge in [-0.25, -0.2) is 5.43 Å². The molecule has 0 radical (unpaired) electrons. The Hall–Kier alpha value is -4.01. The lowest BCUT2D eigenvalue weighted by molar-refractivity contribution is -0.384. The summed E-state index contributed by atoms with van der Waals surface area (Å²) in [5.74, 6) is 0.773. The highest BCUT2D eigenvalue weighted by Gasteiger charge is 2.15. The Kier molecular flexibility index (Phi) is 5.22. The number of hydrazone groups is 1. The van der Waals surface area contributed by atoms with Crippen molar-refractivity contribution in [2.45, 2.75) is 0 Å². The molecule has 0 aliphatic heterocycles. The summed E-state index contributed by atoms with van der Waals surface area (Å²) in [6, 6.07) is 10.7. The molecule has 0 spiro atoms. The van der Waals surface area contributed by atoms with E-state index in [4.69, 9.17) is 9.15 Å². The Labute approximate surface area is 153 Å². The first-order chi connectivity index (χ1) is 13.1. The van der Waals surface area contributed by atoms with Gasteiger partial charge in [0.1, 0.15) is 17.3 Å². The van der Waals surface area contributed by atoms with Crippen LogP contribution in [0.4, 0.5) is 5.69 Å². The lowest BCUT2D eigenvalue weighted by Gasteiger charge is -2.05. The Morgan fingerprint density at radius 3 is 2.74 bits per heavy atom. The van der Waals surface area contributed by atoms with Gasteiger partial charge in [0.25, 0.3) is 11.6 Å². The molecule has 0 saturated heterocycles. The molecule has 1 aromatic carbocycles. The van der Waals surface area contributed by atoms with Crippen LogP contribution in [0.2, 0.25) is 0 Å². The fraction of sp³-hybridized carbons (Fsp3) is 0.0556. The minimum Gasteiger partial charge on any atom is -0.496 e. The predicted octanol–water partition coefficient (Wildman–Crippen LogP) is 3.02. The number of carbonyl (C=O) groups is 1. The van der Waals surface area contributed by atoms with Crippen molar-refractivity contribution in [2.75, 3.05) is 7.11 Å². The highest BCUT2D eigenvalue weighted by Crippen LogP contribution is 2.33. The van der Waals surface area contributed by atoms with Crippen molar-refractivity contribution in [3.8, 4) is 17.1 Å². The molecule has 0 fully saturated rings. The van der Waals surface area contributed by atoms with Crippen molar-refractivity contribution in [1.29, 1.82) is 0 Å². The van der Waals surface area contributed by atoms with Crippen LogP contribution >= 0.6 is 0 Å². The van der Waals surface area contributed by atoms with Gasteiger partial charge in [-0.2, -0.15) is 5.10 Å². The number of benzene rings is 1. The number of nitro benzene ring substituents is 1. The zero-order valence-electron chi connectivity index (χ0n) is 14.2. The van der Waals surface area contributed by atoms with Gasteiger partial charge in [-0.1, -0.05) is 0 Å². The third kappa shape index (κ3) is 4.15. The molecule has 0 unspecified atom stereocenters.